The molecule has 0 saturated carbocycles. The number of para-hydroxylation sites is 1. The highest BCUT2D eigenvalue weighted by Crippen LogP contribution is 2.19. The first kappa shape index (κ1) is 15.5. The van der Waals surface area contributed by atoms with Crippen LogP contribution in [0.3, 0.4) is 0 Å². The summed E-state index contributed by atoms with van der Waals surface area (Å²) in [4.78, 5) is 4.48. The van der Waals surface area contributed by atoms with Gasteiger partial charge in [0.1, 0.15) is 5.75 Å². The summed E-state index contributed by atoms with van der Waals surface area (Å²) in [6.07, 6.45) is 3.82. The zero-order valence-corrected chi connectivity index (χ0v) is 13.1. The summed E-state index contributed by atoms with van der Waals surface area (Å²) >= 11 is 0. The van der Waals surface area contributed by atoms with Crippen LogP contribution in [-0.4, -0.2) is 18.1 Å². The van der Waals surface area contributed by atoms with E-state index in [2.05, 4.69) is 42.3 Å². The molecule has 2 aromatic rings. The average molecular weight is 284 g/mol. The van der Waals surface area contributed by atoms with E-state index in [1.54, 1.807) is 7.11 Å². The van der Waals surface area contributed by atoms with Crippen molar-refractivity contribution in [2.75, 3.05) is 7.11 Å². The fourth-order valence-electron chi connectivity index (χ4n) is 2.50. The van der Waals surface area contributed by atoms with Crippen molar-refractivity contribution in [1.82, 2.24) is 10.3 Å². The lowest BCUT2D eigenvalue weighted by Gasteiger charge is -2.16. The molecule has 0 aliphatic heterocycles. The van der Waals surface area contributed by atoms with Crippen molar-refractivity contribution >= 4 is 0 Å². The third-order valence-electron chi connectivity index (χ3n) is 3.70. The van der Waals surface area contributed by atoms with Crippen LogP contribution < -0.4 is 10.1 Å². The summed E-state index contributed by atoms with van der Waals surface area (Å²) in [6.45, 7) is 5.17. The second kappa shape index (κ2) is 7.79. The molecule has 0 bridgehead atoms. The number of aryl methyl sites for hydroxylation is 1. The van der Waals surface area contributed by atoms with Gasteiger partial charge < -0.3 is 10.1 Å². The summed E-state index contributed by atoms with van der Waals surface area (Å²) in [5.41, 5.74) is 3.69. The molecule has 1 atom stereocenters. The number of nitrogens with zero attached hydrogens (tertiary/aromatic N) is 1. The Labute approximate surface area is 127 Å². The lowest BCUT2D eigenvalue weighted by atomic mass is 10.1. The topological polar surface area (TPSA) is 34.2 Å². The second-order valence-electron chi connectivity index (χ2n) is 5.26. The molecular weight excluding hydrogens is 260 g/mol. The Hall–Kier alpha value is -1.87. The molecule has 1 N–H and O–H groups in total. The molecule has 3 heteroatoms. The molecule has 21 heavy (non-hydrogen) atoms. The van der Waals surface area contributed by atoms with Crippen molar-refractivity contribution in [3.05, 3.63) is 59.4 Å². The van der Waals surface area contributed by atoms with Crippen molar-refractivity contribution in [3.63, 3.8) is 0 Å². The first-order valence-corrected chi connectivity index (χ1v) is 7.52. The number of hydrogen-bond donors (Lipinski definition) is 1. The van der Waals surface area contributed by atoms with Gasteiger partial charge >= 0.3 is 0 Å². The molecule has 0 amide bonds. The lowest BCUT2D eigenvalue weighted by Crippen LogP contribution is -2.28. The molecule has 0 radical (unpaired) electrons. The minimum absolute atomic E-state index is 0.369. The van der Waals surface area contributed by atoms with Crippen molar-refractivity contribution < 1.29 is 4.74 Å². The minimum atomic E-state index is 0.369. The predicted octanol–water partition coefficient (Wildman–Crippen LogP) is 3.37. The molecule has 0 fully saturated rings. The first-order chi connectivity index (χ1) is 10.2. The van der Waals surface area contributed by atoms with Gasteiger partial charge in [-0.2, -0.15) is 0 Å². The summed E-state index contributed by atoms with van der Waals surface area (Å²) < 4.78 is 5.41. The number of methoxy groups -OCH3 is 1. The lowest BCUT2D eigenvalue weighted by molar-refractivity contribution is 0.406. The number of pyridine rings is 1. The molecule has 2 rings (SSSR count). The normalized spacial score (nSPS) is 12.1. The number of nitrogens with one attached hydrogen (secondary N) is 1. The van der Waals surface area contributed by atoms with Crippen molar-refractivity contribution in [2.45, 2.75) is 39.3 Å². The van der Waals surface area contributed by atoms with E-state index in [1.807, 2.05) is 24.4 Å². The van der Waals surface area contributed by atoms with E-state index < -0.39 is 0 Å². The van der Waals surface area contributed by atoms with Gasteiger partial charge in [-0.1, -0.05) is 31.2 Å². The van der Waals surface area contributed by atoms with E-state index in [0.29, 0.717) is 6.04 Å². The van der Waals surface area contributed by atoms with Gasteiger partial charge in [-0.25, -0.2) is 0 Å². The SMILES string of the molecule is CCc1cccnc1CNC(C)Cc1ccccc1OC. The van der Waals surface area contributed by atoms with Gasteiger partial charge in [0, 0.05) is 18.8 Å². The highest BCUT2D eigenvalue weighted by atomic mass is 16.5. The Morgan fingerprint density at radius 3 is 2.67 bits per heavy atom. The Bertz CT molecular complexity index is 569. The number of hydrogen-bond acceptors (Lipinski definition) is 3. The zero-order chi connectivity index (χ0) is 15.1. The number of aromatic nitrogens is 1. The third kappa shape index (κ3) is 4.30. The van der Waals surface area contributed by atoms with Crippen molar-refractivity contribution in [3.8, 4) is 5.75 Å². The van der Waals surface area contributed by atoms with Crippen LogP contribution in [0.4, 0.5) is 0 Å². The van der Waals surface area contributed by atoms with E-state index in [4.69, 9.17) is 4.74 Å². The molecule has 112 valence electrons. The fraction of sp³-hybridized carbons (Fsp3) is 0.389. The van der Waals surface area contributed by atoms with Crippen molar-refractivity contribution in [1.29, 1.82) is 0 Å². The molecular formula is C18H24N2O. The van der Waals surface area contributed by atoms with Gasteiger partial charge in [0.05, 0.1) is 12.8 Å². The quantitative estimate of drug-likeness (QED) is 0.846. The Kier molecular flexibility index (Phi) is 5.76. The number of ether oxygens (including phenoxy) is 1. The first-order valence-electron chi connectivity index (χ1n) is 7.52. The molecule has 1 heterocycles. The molecule has 0 aliphatic rings. The van der Waals surface area contributed by atoms with Gasteiger partial charge in [-0.15, -0.1) is 0 Å². The maximum absolute atomic E-state index is 5.41. The third-order valence-corrected chi connectivity index (χ3v) is 3.70. The van der Waals surface area contributed by atoms with E-state index in [-0.39, 0.29) is 0 Å². The Morgan fingerprint density at radius 1 is 1.14 bits per heavy atom. The summed E-state index contributed by atoms with van der Waals surface area (Å²) in [7, 11) is 1.72. The van der Waals surface area contributed by atoms with Crippen LogP contribution in [0.2, 0.25) is 0 Å². The number of rotatable bonds is 7. The van der Waals surface area contributed by atoms with Crippen LogP contribution >= 0.6 is 0 Å². The van der Waals surface area contributed by atoms with E-state index in [9.17, 15) is 0 Å². The number of benzene rings is 1. The molecule has 1 aromatic heterocycles. The van der Waals surface area contributed by atoms with Crippen LogP contribution in [0.1, 0.15) is 30.7 Å². The maximum Gasteiger partial charge on any atom is 0.122 e. The van der Waals surface area contributed by atoms with E-state index >= 15 is 0 Å². The molecule has 0 spiro atoms. The van der Waals surface area contributed by atoms with E-state index in [0.717, 1.165) is 30.8 Å². The Balaban J connectivity index is 1.94. The summed E-state index contributed by atoms with van der Waals surface area (Å²) in [5.74, 6) is 0.957. The predicted molar refractivity (Wildman–Crippen MR) is 86.6 cm³/mol. The fourth-order valence-corrected chi connectivity index (χ4v) is 2.50. The highest BCUT2D eigenvalue weighted by molar-refractivity contribution is 5.33. The van der Waals surface area contributed by atoms with Crippen LogP contribution in [0.15, 0.2) is 42.6 Å². The van der Waals surface area contributed by atoms with Gasteiger partial charge in [0.15, 0.2) is 0 Å². The zero-order valence-electron chi connectivity index (χ0n) is 13.1. The molecule has 0 aliphatic carbocycles. The van der Waals surface area contributed by atoms with Gasteiger partial charge in [-0.05, 0) is 43.0 Å². The Morgan fingerprint density at radius 2 is 1.90 bits per heavy atom. The summed E-state index contributed by atoms with van der Waals surface area (Å²) in [6, 6.07) is 12.7. The largest absolute Gasteiger partial charge is 0.496 e. The van der Waals surface area contributed by atoms with Gasteiger partial charge in [0.25, 0.3) is 0 Å². The standard InChI is InChI=1S/C18H24N2O/c1-4-15-9-7-11-19-17(15)13-20-14(2)12-16-8-5-6-10-18(16)21-3/h5-11,14,20H,4,12-13H2,1-3H3. The molecule has 0 saturated heterocycles. The summed E-state index contributed by atoms with van der Waals surface area (Å²) in [5, 5.41) is 3.56. The molecule has 3 nitrogen and oxygen atoms in total. The van der Waals surface area contributed by atoms with Crippen molar-refractivity contribution in [2.24, 2.45) is 0 Å². The average Bonchev–Trinajstić information content (AvgIpc) is 2.53. The minimum Gasteiger partial charge on any atom is -0.496 e. The van der Waals surface area contributed by atoms with Crippen LogP contribution in [0, 0.1) is 0 Å². The van der Waals surface area contributed by atoms with Gasteiger partial charge in [0.2, 0.25) is 0 Å². The second-order valence-corrected chi connectivity index (χ2v) is 5.26. The monoisotopic (exact) mass is 284 g/mol. The van der Waals surface area contributed by atoms with Crippen LogP contribution in [-0.2, 0) is 19.4 Å². The maximum atomic E-state index is 5.41. The van der Waals surface area contributed by atoms with Crippen LogP contribution in [0.25, 0.3) is 0 Å². The van der Waals surface area contributed by atoms with Gasteiger partial charge in [-0.3, -0.25) is 4.98 Å². The molecule has 1 aromatic carbocycles. The smallest absolute Gasteiger partial charge is 0.122 e. The molecule has 1 unspecified atom stereocenters. The van der Waals surface area contributed by atoms with E-state index in [1.165, 1.54) is 11.1 Å². The highest BCUT2D eigenvalue weighted by Gasteiger charge is 2.09. The van der Waals surface area contributed by atoms with Crippen LogP contribution in [0.5, 0.6) is 5.75 Å².